The number of carbonyl (C=O) groups is 2. The molecule has 154 valence electrons. The van der Waals surface area contributed by atoms with Crippen LogP contribution < -0.4 is 4.74 Å². The molecule has 1 heterocycles. The Kier molecular flexibility index (Phi) is 7.70. The Hall–Kier alpha value is -1.89. The molecule has 5 nitrogen and oxygen atoms in total. The SMILES string of the molecule is CCCOC(=O)C1CSC(c2ccc(Cl)c(Cl)c2)N1C(=O)COc1ccccc1. The average molecular weight is 454 g/mol. The van der Waals surface area contributed by atoms with Crippen molar-refractivity contribution < 1.29 is 19.1 Å². The molecular formula is C21H21Cl2NO4S. The Bertz CT molecular complexity index is 865. The topological polar surface area (TPSA) is 55.8 Å². The predicted molar refractivity (Wildman–Crippen MR) is 115 cm³/mol. The van der Waals surface area contributed by atoms with Crippen LogP contribution in [-0.4, -0.2) is 41.8 Å². The van der Waals surface area contributed by atoms with Crippen LogP contribution in [0.4, 0.5) is 0 Å². The molecule has 0 saturated carbocycles. The van der Waals surface area contributed by atoms with Gasteiger partial charge in [0.25, 0.3) is 5.91 Å². The van der Waals surface area contributed by atoms with Crippen LogP contribution in [0.15, 0.2) is 48.5 Å². The van der Waals surface area contributed by atoms with E-state index in [4.69, 9.17) is 32.7 Å². The van der Waals surface area contributed by atoms with Crippen molar-refractivity contribution in [3.05, 3.63) is 64.1 Å². The minimum atomic E-state index is -0.683. The van der Waals surface area contributed by atoms with Gasteiger partial charge in [-0.25, -0.2) is 4.79 Å². The largest absolute Gasteiger partial charge is 0.484 e. The first-order valence-corrected chi connectivity index (χ1v) is 11.0. The van der Waals surface area contributed by atoms with Crippen molar-refractivity contribution in [1.82, 2.24) is 4.90 Å². The fourth-order valence-corrected chi connectivity index (χ4v) is 4.68. The summed E-state index contributed by atoms with van der Waals surface area (Å²) in [5.41, 5.74) is 0.795. The van der Waals surface area contributed by atoms with Gasteiger partial charge in [0, 0.05) is 5.75 Å². The first kappa shape index (κ1) is 21.8. The van der Waals surface area contributed by atoms with Gasteiger partial charge in [0.05, 0.1) is 16.7 Å². The van der Waals surface area contributed by atoms with Gasteiger partial charge >= 0.3 is 5.97 Å². The van der Waals surface area contributed by atoms with Gasteiger partial charge in [-0.2, -0.15) is 0 Å². The van der Waals surface area contributed by atoms with Crippen LogP contribution in [0, 0.1) is 0 Å². The van der Waals surface area contributed by atoms with Crippen LogP contribution in [0.5, 0.6) is 5.75 Å². The number of ether oxygens (including phenoxy) is 2. The smallest absolute Gasteiger partial charge is 0.329 e. The summed E-state index contributed by atoms with van der Waals surface area (Å²) in [6.45, 7) is 2.06. The molecule has 0 N–H and O–H groups in total. The Labute approximate surface area is 184 Å². The molecule has 2 atom stereocenters. The maximum Gasteiger partial charge on any atom is 0.329 e. The number of nitrogens with zero attached hydrogens (tertiary/aromatic N) is 1. The molecule has 0 aromatic heterocycles. The number of amides is 1. The molecule has 8 heteroatoms. The lowest BCUT2D eigenvalue weighted by atomic mass is 10.1. The van der Waals surface area contributed by atoms with E-state index in [1.165, 1.54) is 16.7 Å². The fraction of sp³-hybridized carbons (Fsp3) is 0.333. The predicted octanol–water partition coefficient (Wildman–Crippen LogP) is 4.97. The summed E-state index contributed by atoms with van der Waals surface area (Å²) in [7, 11) is 0. The summed E-state index contributed by atoms with van der Waals surface area (Å²) < 4.78 is 10.9. The van der Waals surface area contributed by atoms with Crippen molar-refractivity contribution in [3.8, 4) is 5.75 Å². The van der Waals surface area contributed by atoms with Crippen molar-refractivity contribution in [2.75, 3.05) is 19.0 Å². The van der Waals surface area contributed by atoms with Gasteiger partial charge in [0.2, 0.25) is 0 Å². The molecule has 3 rings (SSSR count). The van der Waals surface area contributed by atoms with Crippen molar-refractivity contribution in [2.45, 2.75) is 24.8 Å². The van der Waals surface area contributed by atoms with E-state index in [2.05, 4.69) is 0 Å². The highest BCUT2D eigenvalue weighted by atomic mass is 35.5. The number of hydrogen-bond acceptors (Lipinski definition) is 5. The zero-order valence-electron chi connectivity index (χ0n) is 15.8. The van der Waals surface area contributed by atoms with Gasteiger partial charge in [-0.05, 0) is 36.2 Å². The number of thioether (sulfide) groups is 1. The fourth-order valence-electron chi connectivity index (χ4n) is 2.95. The van der Waals surface area contributed by atoms with Crippen LogP contribution in [0.2, 0.25) is 10.0 Å². The van der Waals surface area contributed by atoms with Gasteiger partial charge in [-0.3, -0.25) is 4.79 Å². The maximum atomic E-state index is 13.1. The standard InChI is InChI=1S/C21H21Cl2NO4S/c1-2-10-27-21(26)18-13-29-20(14-8-9-16(22)17(23)11-14)24(18)19(25)12-28-15-6-4-3-5-7-15/h3-9,11,18,20H,2,10,12-13H2,1H3. The molecule has 2 unspecified atom stereocenters. The first-order valence-electron chi connectivity index (χ1n) is 9.23. The molecule has 2 aromatic rings. The highest BCUT2D eigenvalue weighted by molar-refractivity contribution is 7.99. The number of halogens is 2. The lowest BCUT2D eigenvalue weighted by Crippen LogP contribution is -2.45. The van der Waals surface area contributed by atoms with Crippen LogP contribution in [0.25, 0.3) is 0 Å². The number of para-hydroxylation sites is 1. The lowest BCUT2D eigenvalue weighted by molar-refractivity contribution is -0.154. The highest BCUT2D eigenvalue weighted by Crippen LogP contribution is 2.43. The third-order valence-corrected chi connectivity index (χ3v) is 6.41. The van der Waals surface area contributed by atoms with Gasteiger partial charge in [-0.15, -0.1) is 11.8 Å². The molecule has 29 heavy (non-hydrogen) atoms. The van der Waals surface area contributed by atoms with Gasteiger partial charge in [0.1, 0.15) is 17.2 Å². The normalized spacial score (nSPS) is 18.5. The highest BCUT2D eigenvalue weighted by Gasteiger charge is 2.43. The third kappa shape index (κ3) is 5.38. The zero-order chi connectivity index (χ0) is 20.8. The minimum Gasteiger partial charge on any atom is -0.484 e. The quantitative estimate of drug-likeness (QED) is 0.553. The second-order valence-corrected chi connectivity index (χ2v) is 8.37. The van der Waals surface area contributed by atoms with E-state index in [1.54, 1.807) is 24.3 Å². The first-order chi connectivity index (χ1) is 14.0. The van der Waals surface area contributed by atoms with E-state index in [9.17, 15) is 9.59 Å². The number of esters is 1. The Morgan fingerprint density at radius 2 is 1.90 bits per heavy atom. The molecule has 0 bridgehead atoms. The average Bonchev–Trinajstić information content (AvgIpc) is 3.18. The van der Waals surface area contributed by atoms with Crippen LogP contribution in [-0.2, 0) is 14.3 Å². The third-order valence-electron chi connectivity index (χ3n) is 4.34. The molecule has 0 spiro atoms. The number of hydrogen-bond donors (Lipinski definition) is 0. The molecule has 1 fully saturated rings. The number of carbonyl (C=O) groups excluding carboxylic acids is 2. The number of benzene rings is 2. The van der Waals surface area contributed by atoms with E-state index < -0.39 is 12.0 Å². The van der Waals surface area contributed by atoms with Gasteiger partial charge in [0.15, 0.2) is 6.61 Å². The minimum absolute atomic E-state index is 0.181. The molecule has 0 radical (unpaired) electrons. The Balaban J connectivity index is 1.81. The lowest BCUT2D eigenvalue weighted by Gasteiger charge is -2.28. The summed E-state index contributed by atoms with van der Waals surface area (Å²) >= 11 is 13.7. The summed E-state index contributed by atoms with van der Waals surface area (Å²) in [5, 5.41) is 0.452. The van der Waals surface area contributed by atoms with Crippen LogP contribution in [0.1, 0.15) is 24.3 Å². The van der Waals surface area contributed by atoms with Crippen molar-refractivity contribution in [1.29, 1.82) is 0 Å². The summed E-state index contributed by atoms with van der Waals surface area (Å²) in [6, 6.07) is 13.6. The molecular weight excluding hydrogens is 433 g/mol. The van der Waals surface area contributed by atoms with E-state index in [0.29, 0.717) is 34.6 Å². The molecule has 0 aliphatic carbocycles. The van der Waals surface area contributed by atoms with Gasteiger partial charge in [-0.1, -0.05) is 54.4 Å². The Morgan fingerprint density at radius 3 is 2.59 bits per heavy atom. The summed E-state index contributed by atoms with van der Waals surface area (Å²) in [5.74, 6) is 0.317. The molecule has 1 saturated heterocycles. The molecule has 1 amide bonds. The molecule has 1 aliphatic heterocycles. The van der Waals surface area contributed by atoms with Crippen LogP contribution in [0.3, 0.4) is 0 Å². The number of rotatable bonds is 7. The summed E-state index contributed by atoms with van der Waals surface area (Å²) in [6.07, 6.45) is 0.715. The van der Waals surface area contributed by atoms with Crippen molar-refractivity contribution >= 4 is 46.8 Å². The molecule has 2 aromatic carbocycles. The van der Waals surface area contributed by atoms with Gasteiger partial charge < -0.3 is 14.4 Å². The van der Waals surface area contributed by atoms with E-state index >= 15 is 0 Å². The van der Waals surface area contributed by atoms with E-state index in [1.807, 2.05) is 31.2 Å². The van der Waals surface area contributed by atoms with Crippen molar-refractivity contribution in [2.24, 2.45) is 0 Å². The monoisotopic (exact) mass is 453 g/mol. The van der Waals surface area contributed by atoms with Crippen molar-refractivity contribution in [3.63, 3.8) is 0 Å². The molecule has 1 aliphatic rings. The van der Waals surface area contributed by atoms with E-state index in [-0.39, 0.29) is 17.9 Å². The second-order valence-electron chi connectivity index (χ2n) is 6.45. The Morgan fingerprint density at radius 1 is 1.14 bits per heavy atom. The summed E-state index contributed by atoms with van der Waals surface area (Å²) in [4.78, 5) is 27.2. The van der Waals surface area contributed by atoms with Crippen LogP contribution >= 0.6 is 35.0 Å². The zero-order valence-corrected chi connectivity index (χ0v) is 18.2. The second kappa shape index (κ2) is 10.2. The van der Waals surface area contributed by atoms with E-state index in [0.717, 1.165) is 5.56 Å². The maximum absolute atomic E-state index is 13.1.